The highest BCUT2D eigenvalue weighted by atomic mass is 32.2. The highest BCUT2D eigenvalue weighted by Gasteiger charge is 2.39. The first-order chi connectivity index (χ1) is 20.4. The monoisotopic (exact) mass is 620 g/mol. The Morgan fingerprint density at radius 3 is 2.70 bits per heavy atom. The van der Waals surface area contributed by atoms with Gasteiger partial charge in [-0.1, -0.05) is 17.8 Å². The van der Waals surface area contributed by atoms with Crippen molar-refractivity contribution < 1.29 is 37.3 Å². The number of nitrogens with one attached hydrogen (secondary N) is 1. The maximum Gasteiger partial charge on any atom is 0.431 e. The minimum atomic E-state index is -4.51. The molecular formula is C30H35F3N4O5S. The number of aryl methyl sites for hydroxylation is 1. The van der Waals surface area contributed by atoms with Gasteiger partial charge < -0.3 is 29.7 Å². The third kappa shape index (κ3) is 7.38. The van der Waals surface area contributed by atoms with E-state index in [1.807, 2.05) is 13.0 Å². The molecule has 2 N–H and O–H groups in total. The average molecular weight is 621 g/mol. The van der Waals surface area contributed by atoms with Crippen LogP contribution in [0.3, 0.4) is 0 Å². The zero-order chi connectivity index (χ0) is 31.3. The molecule has 0 spiro atoms. The number of nitrogens with zero attached hydrogens (tertiary/aromatic N) is 3. The molecule has 2 aliphatic heterocycles. The van der Waals surface area contributed by atoms with Gasteiger partial charge in [-0.3, -0.25) is 0 Å². The number of rotatable bonds is 10. The third-order valence-corrected chi connectivity index (χ3v) is 8.38. The van der Waals surface area contributed by atoms with Crippen molar-refractivity contribution in [2.45, 2.75) is 57.3 Å². The summed E-state index contributed by atoms with van der Waals surface area (Å²) < 4.78 is 51.3. The van der Waals surface area contributed by atoms with Crippen LogP contribution in [0.2, 0.25) is 0 Å². The van der Waals surface area contributed by atoms with Gasteiger partial charge in [0.1, 0.15) is 29.3 Å². The minimum absolute atomic E-state index is 0.0658. The number of alkyl halides is 3. The number of fused-ring (bicyclic) bond motifs is 1. The van der Waals surface area contributed by atoms with E-state index in [0.717, 1.165) is 36.4 Å². The number of piperidine rings is 1. The van der Waals surface area contributed by atoms with Crippen LogP contribution in [-0.2, 0) is 4.79 Å². The van der Waals surface area contributed by atoms with E-state index >= 15 is 0 Å². The number of pyridine rings is 1. The standard InChI is InChI=1S/C30H35F3N4O5S/c1-5-6-7-8-12-36(3)29(40)37-13-11-19(14-22(37)28(38)39)42-24-15-21(25-16-34-26(17-43-25)30(31,32)33)35-27-18(2)23(41-4)10-9-20(24)27/h5,9-10,15-17,19,22,34H,1,6-8,11-14H2,2-4H3,(H,38,39)/t19-,22-/m0/s1. The van der Waals surface area contributed by atoms with Crippen LogP contribution in [0, 0.1) is 6.92 Å². The molecule has 13 heteroatoms. The first-order valence-electron chi connectivity index (χ1n) is 13.9. The number of ether oxygens (including phenoxy) is 2. The molecule has 0 aliphatic carbocycles. The lowest BCUT2D eigenvalue weighted by atomic mass is 9.99. The summed E-state index contributed by atoms with van der Waals surface area (Å²) in [5.74, 6) is -0.132. The SMILES string of the molecule is C=CCCCCN(C)C(=O)N1CC[C@H](Oc2cc(C3=CNC(C(F)(F)F)=CS3)nc3c(C)c(OC)ccc23)C[C@H]1C(=O)O. The summed E-state index contributed by atoms with van der Waals surface area (Å²) in [5.41, 5.74) is 0.765. The number of thioether (sulfide) groups is 1. The van der Waals surface area contributed by atoms with Crippen molar-refractivity contribution in [1.82, 2.24) is 20.1 Å². The van der Waals surface area contributed by atoms with Crippen molar-refractivity contribution in [3.8, 4) is 11.5 Å². The van der Waals surface area contributed by atoms with Crippen LogP contribution in [0.25, 0.3) is 15.8 Å². The summed E-state index contributed by atoms with van der Waals surface area (Å²) in [6.45, 7) is 6.22. The number of likely N-dealkylation sites (tertiary alicyclic amines) is 1. The highest BCUT2D eigenvalue weighted by molar-refractivity contribution is 8.11. The Morgan fingerprint density at radius 1 is 1.30 bits per heavy atom. The lowest BCUT2D eigenvalue weighted by molar-refractivity contribution is -0.144. The van der Waals surface area contributed by atoms with Gasteiger partial charge in [0.2, 0.25) is 0 Å². The van der Waals surface area contributed by atoms with Crippen LogP contribution in [0.4, 0.5) is 18.0 Å². The largest absolute Gasteiger partial charge is 0.496 e. The fourth-order valence-corrected chi connectivity index (χ4v) is 5.87. The molecule has 2 aromatic rings. The van der Waals surface area contributed by atoms with Gasteiger partial charge in [0, 0.05) is 61.6 Å². The Hall–Kier alpha value is -3.87. The average Bonchev–Trinajstić information content (AvgIpc) is 2.98. The number of aliphatic carboxylic acids is 1. The Bertz CT molecular complexity index is 1450. The fraction of sp³-hybridized carbons (Fsp3) is 0.433. The maximum atomic E-state index is 13.1. The Morgan fingerprint density at radius 2 is 2.07 bits per heavy atom. The molecule has 232 valence electrons. The molecular weight excluding hydrogens is 585 g/mol. The minimum Gasteiger partial charge on any atom is -0.496 e. The van der Waals surface area contributed by atoms with Crippen LogP contribution in [0.1, 0.15) is 43.4 Å². The fourth-order valence-electron chi connectivity index (χ4n) is 5.08. The van der Waals surface area contributed by atoms with E-state index in [0.29, 0.717) is 51.5 Å². The number of unbranched alkanes of at least 4 members (excludes halogenated alkanes) is 2. The molecule has 43 heavy (non-hydrogen) atoms. The molecule has 2 atom stereocenters. The number of carbonyl (C=O) groups excluding carboxylic acids is 1. The number of carboxylic acids is 1. The molecule has 1 fully saturated rings. The Balaban J connectivity index is 1.59. The molecule has 4 rings (SSSR count). The molecule has 1 aromatic carbocycles. The molecule has 0 unspecified atom stereocenters. The van der Waals surface area contributed by atoms with Crippen molar-refractivity contribution in [2.24, 2.45) is 0 Å². The summed E-state index contributed by atoms with van der Waals surface area (Å²) in [6, 6.07) is 3.77. The number of methoxy groups -OCH3 is 1. The van der Waals surface area contributed by atoms with E-state index in [2.05, 4.69) is 11.9 Å². The van der Waals surface area contributed by atoms with Crippen LogP contribution in [0.15, 0.2) is 48.2 Å². The predicted molar refractivity (Wildman–Crippen MR) is 160 cm³/mol. The quantitative estimate of drug-likeness (QED) is 0.236. The zero-order valence-electron chi connectivity index (χ0n) is 24.2. The second-order valence-corrected chi connectivity index (χ2v) is 11.3. The van der Waals surface area contributed by atoms with Gasteiger partial charge in [-0.25, -0.2) is 14.6 Å². The molecule has 0 radical (unpaired) electrons. The van der Waals surface area contributed by atoms with Gasteiger partial charge in [0.05, 0.1) is 23.2 Å². The number of hydrogen-bond acceptors (Lipinski definition) is 7. The smallest absolute Gasteiger partial charge is 0.431 e. The van der Waals surface area contributed by atoms with Crippen LogP contribution >= 0.6 is 11.8 Å². The summed E-state index contributed by atoms with van der Waals surface area (Å²) in [7, 11) is 3.20. The lowest BCUT2D eigenvalue weighted by Gasteiger charge is -2.39. The van der Waals surface area contributed by atoms with Crippen molar-refractivity contribution in [3.63, 3.8) is 0 Å². The molecule has 1 aromatic heterocycles. The van der Waals surface area contributed by atoms with E-state index in [1.165, 1.54) is 18.2 Å². The van der Waals surface area contributed by atoms with Crippen LogP contribution in [0.5, 0.6) is 11.5 Å². The van der Waals surface area contributed by atoms with Crippen molar-refractivity contribution in [1.29, 1.82) is 0 Å². The van der Waals surface area contributed by atoms with Gasteiger partial charge in [-0.05, 0) is 38.3 Å². The topological polar surface area (TPSA) is 104 Å². The molecule has 0 saturated carbocycles. The van der Waals surface area contributed by atoms with Gasteiger partial charge in [0.25, 0.3) is 0 Å². The number of allylic oxidation sites excluding steroid dienone is 2. The van der Waals surface area contributed by atoms with E-state index in [4.69, 9.17) is 14.5 Å². The molecule has 2 amide bonds. The number of carbonyl (C=O) groups is 2. The van der Waals surface area contributed by atoms with Gasteiger partial charge in [-0.2, -0.15) is 13.2 Å². The first-order valence-corrected chi connectivity index (χ1v) is 14.7. The lowest BCUT2D eigenvalue weighted by Crippen LogP contribution is -2.55. The number of hydrogen-bond donors (Lipinski definition) is 2. The summed E-state index contributed by atoms with van der Waals surface area (Å²) in [6.07, 6.45) is 0.997. The number of carboxylic acid groups (broad SMARTS) is 1. The number of urea groups is 1. The van der Waals surface area contributed by atoms with E-state index in [9.17, 15) is 27.9 Å². The predicted octanol–water partition coefficient (Wildman–Crippen LogP) is 6.29. The molecule has 9 nitrogen and oxygen atoms in total. The number of benzene rings is 1. The van der Waals surface area contributed by atoms with Crippen molar-refractivity contribution >= 4 is 39.6 Å². The van der Waals surface area contributed by atoms with E-state index < -0.39 is 30.0 Å². The Labute approximate surface area is 252 Å². The van der Waals surface area contributed by atoms with Crippen molar-refractivity contribution in [2.75, 3.05) is 27.2 Å². The number of amides is 2. The van der Waals surface area contributed by atoms with Gasteiger partial charge in [-0.15, -0.1) is 6.58 Å². The molecule has 1 saturated heterocycles. The third-order valence-electron chi connectivity index (χ3n) is 7.44. The Kier molecular flexibility index (Phi) is 10.2. The summed E-state index contributed by atoms with van der Waals surface area (Å²) >= 11 is 0.885. The van der Waals surface area contributed by atoms with Gasteiger partial charge >= 0.3 is 18.2 Å². The zero-order valence-corrected chi connectivity index (χ0v) is 25.1. The number of halogens is 3. The van der Waals surface area contributed by atoms with Crippen molar-refractivity contribution in [3.05, 3.63) is 59.4 Å². The summed E-state index contributed by atoms with van der Waals surface area (Å²) in [4.78, 5) is 33.5. The summed E-state index contributed by atoms with van der Waals surface area (Å²) in [5, 5.41) is 13.9. The van der Waals surface area contributed by atoms with E-state index in [-0.39, 0.29) is 19.0 Å². The maximum absolute atomic E-state index is 13.1. The molecule has 0 bridgehead atoms. The second kappa shape index (κ2) is 13.6. The van der Waals surface area contributed by atoms with Gasteiger partial charge in [0.15, 0.2) is 0 Å². The highest BCUT2D eigenvalue weighted by Crippen LogP contribution is 2.40. The normalized spacial score (nSPS) is 18.8. The first kappa shape index (κ1) is 32.1. The second-order valence-electron chi connectivity index (χ2n) is 10.4. The van der Waals surface area contributed by atoms with Crippen LogP contribution in [-0.4, -0.2) is 77.5 Å². The van der Waals surface area contributed by atoms with E-state index in [1.54, 1.807) is 30.1 Å². The molecule has 3 heterocycles. The molecule has 2 aliphatic rings. The number of aromatic nitrogens is 1. The van der Waals surface area contributed by atoms with Crippen LogP contribution < -0.4 is 14.8 Å².